The number of fused-ring (bicyclic) bond motifs is 4. The Bertz CT molecular complexity index is 667. The lowest BCUT2D eigenvalue weighted by molar-refractivity contribution is -0.133. The van der Waals surface area contributed by atoms with E-state index in [1.165, 1.54) is 19.3 Å². The van der Waals surface area contributed by atoms with Crippen molar-refractivity contribution in [2.75, 3.05) is 33.3 Å². The number of carbonyl (C=O) groups is 1. The van der Waals surface area contributed by atoms with Crippen LogP contribution >= 0.6 is 0 Å². The first-order valence-corrected chi connectivity index (χ1v) is 10.4. The van der Waals surface area contributed by atoms with Gasteiger partial charge in [-0.05, 0) is 44.2 Å². The molecule has 0 aliphatic carbocycles. The number of piperidine rings is 1. The minimum atomic E-state index is -0.169. The van der Waals surface area contributed by atoms with Crippen LogP contribution in [0.1, 0.15) is 44.2 Å². The Morgan fingerprint density at radius 2 is 2.04 bits per heavy atom. The number of para-hydroxylation sites is 1. The summed E-state index contributed by atoms with van der Waals surface area (Å²) in [5.41, 5.74) is 7.67. The predicted octanol–water partition coefficient (Wildman–Crippen LogP) is 1.94. The van der Waals surface area contributed by atoms with E-state index in [9.17, 15) is 4.79 Å². The molecule has 2 bridgehead atoms. The standard InChI is InChI=1S/C21H32N4O2/c1-3-10-24-12-15-8-9-16(24)14-25(13-15)21(26)19-11-18(22-23-19)17-6-4-5-7-20(17)27-2/h4-7,15-16,18-19,22-23H,3,8-14H2,1-2H3/t15-,16-,18?,19?/m1/s1. The molecule has 2 N–H and O–H groups in total. The van der Waals surface area contributed by atoms with Crippen LogP contribution in [-0.4, -0.2) is 61.1 Å². The molecule has 4 aliphatic heterocycles. The van der Waals surface area contributed by atoms with E-state index in [0.717, 1.165) is 43.9 Å². The molecule has 4 heterocycles. The molecule has 4 saturated heterocycles. The van der Waals surface area contributed by atoms with Crippen molar-refractivity contribution in [3.8, 4) is 5.75 Å². The van der Waals surface area contributed by atoms with Gasteiger partial charge in [0.25, 0.3) is 0 Å². The van der Waals surface area contributed by atoms with Crippen molar-refractivity contribution in [2.24, 2.45) is 5.92 Å². The number of ether oxygens (including phenoxy) is 1. The summed E-state index contributed by atoms with van der Waals surface area (Å²) in [6.07, 6.45) is 4.43. The summed E-state index contributed by atoms with van der Waals surface area (Å²) in [5, 5.41) is 0. The van der Waals surface area contributed by atoms with E-state index in [4.69, 9.17) is 4.74 Å². The summed E-state index contributed by atoms with van der Waals surface area (Å²) in [5.74, 6) is 1.74. The van der Waals surface area contributed by atoms with Gasteiger partial charge < -0.3 is 9.64 Å². The molecule has 0 aromatic heterocycles. The van der Waals surface area contributed by atoms with Crippen LogP contribution in [0.3, 0.4) is 0 Å². The van der Waals surface area contributed by atoms with E-state index in [0.29, 0.717) is 12.0 Å². The summed E-state index contributed by atoms with van der Waals surface area (Å²) in [6, 6.07) is 8.49. The molecule has 1 aromatic carbocycles. The minimum Gasteiger partial charge on any atom is -0.496 e. The lowest BCUT2D eigenvalue weighted by Crippen LogP contribution is -2.48. The largest absolute Gasteiger partial charge is 0.496 e. The van der Waals surface area contributed by atoms with Gasteiger partial charge in [-0.2, -0.15) is 0 Å². The molecule has 0 spiro atoms. The van der Waals surface area contributed by atoms with Crippen molar-refractivity contribution < 1.29 is 9.53 Å². The smallest absolute Gasteiger partial charge is 0.241 e. The number of hydrazine groups is 1. The highest BCUT2D eigenvalue weighted by molar-refractivity contribution is 5.82. The van der Waals surface area contributed by atoms with E-state index in [1.54, 1.807) is 7.11 Å². The molecule has 2 unspecified atom stereocenters. The van der Waals surface area contributed by atoms with Crippen molar-refractivity contribution in [3.05, 3.63) is 29.8 Å². The van der Waals surface area contributed by atoms with Crippen molar-refractivity contribution in [1.82, 2.24) is 20.7 Å². The van der Waals surface area contributed by atoms with E-state index in [-0.39, 0.29) is 18.0 Å². The van der Waals surface area contributed by atoms with Gasteiger partial charge in [-0.25, -0.2) is 10.9 Å². The van der Waals surface area contributed by atoms with Crippen LogP contribution in [0, 0.1) is 5.92 Å². The molecule has 0 radical (unpaired) electrons. The Kier molecular flexibility index (Phi) is 5.66. The van der Waals surface area contributed by atoms with Gasteiger partial charge in [-0.3, -0.25) is 9.69 Å². The zero-order valence-corrected chi connectivity index (χ0v) is 16.5. The molecule has 148 valence electrons. The summed E-state index contributed by atoms with van der Waals surface area (Å²) < 4.78 is 5.49. The maximum Gasteiger partial charge on any atom is 0.241 e. The number of rotatable bonds is 5. The molecule has 27 heavy (non-hydrogen) atoms. The molecule has 6 nitrogen and oxygen atoms in total. The fourth-order valence-corrected chi connectivity index (χ4v) is 5.02. The molecule has 4 aliphatic rings. The van der Waals surface area contributed by atoms with Gasteiger partial charge in [-0.15, -0.1) is 0 Å². The minimum absolute atomic E-state index is 0.0930. The number of hydrogen-bond donors (Lipinski definition) is 2. The highest BCUT2D eigenvalue weighted by Gasteiger charge is 2.40. The van der Waals surface area contributed by atoms with Crippen molar-refractivity contribution in [1.29, 1.82) is 0 Å². The maximum atomic E-state index is 13.2. The van der Waals surface area contributed by atoms with E-state index >= 15 is 0 Å². The summed E-state index contributed by atoms with van der Waals surface area (Å²) in [4.78, 5) is 18.0. The first-order valence-electron chi connectivity index (χ1n) is 10.4. The normalized spacial score (nSPS) is 31.1. The Hall–Kier alpha value is -1.63. The number of nitrogens with zero attached hydrogens (tertiary/aromatic N) is 2. The summed E-state index contributed by atoms with van der Waals surface area (Å²) in [7, 11) is 1.69. The van der Waals surface area contributed by atoms with Gasteiger partial charge in [0.1, 0.15) is 11.8 Å². The third-order valence-electron chi connectivity index (χ3n) is 6.37. The number of carbonyl (C=O) groups excluding carboxylic acids is 1. The highest BCUT2D eigenvalue weighted by Crippen LogP contribution is 2.32. The molecule has 5 rings (SSSR count). The molecular weight excluding hydrogens is 340 g/mol. The van der Waals surface area contributed by atoms with Gasteiger partial charge in [0.15, 0.2) is 0 Å². The van der Waals surface area contributed by atoms with Gasteiger partial charge in [0, 0.05) is 31.2 Å². The number of nitrogens with one attached hydrogen (secondary N) is 2. The second-order valence-corrected chi connectivity index (χ2v) is 8.21. The Labute approximate surface area is 162 Å². The van der Waals surface area contributed by atoms with Crippen LogP contribution in [0.5, 0.6) is 5.75 Å². The van der Waals surface area contributed by atoms with Gasteiger partial charge in [-0.1, -0.05) is 25.1 Å². The van der Waals surface area contributed by atoms with Gasteiger partial charge in [0.05, 0.1) is 13.2 Å². The quantitative estimate of drug-likeness (QED) is 0.827. The molecule has 6 heteroatoms. The average molecular weight is 373 g/mol. The molecule has 4 atom stereocenters. The van der Waals surface area contributed by atoms with E-state index in [2.05, 4.69) is 33.6 Å². The lowest BCUT2D eigenvalue weighted by atomic mass is 9.95. The molecule has 1 aromatic rings. The molecule has 1 amide bonds. The lowest BCUT2D eigenvalue weighted by Gasteiger charge is -2.35. The van der Waals surface area contributed by atoms with Crippen molar-refractivity contribution in [2.45, 2.75) is 50.7 Å². The number of methoxy groups -OCH3 is 1. The van der Waals surface area contributed by atoms with Gasteiger partial charge >= 0.3 is 0 Å². The zero-order chi connectivity index (χ0) is 18.8. The topological polar surface area (TPSA) is 56.8 Å². The third kappa shape index (κ3) is 3.84. The first-order chi connectivity index (χ1) is 13.2. The second-order valence-electron chi connectivity index (χ2n) is 8.21. The number of hydrogen-bond acceptors (Lipinski definition) is 5. The van der Waals surface area contributed by atoms with Crippen LogP contribution < -0.4 is 15.6 Å². The van der Waals surface area contributed by atoms with Crippen LogP contribution in [0.15, 0.2) is 24.3 Å². The fourth-order valence-electron chi connectivity index (χ4n) is 5.02. The fraction of sp³-hybridized carbons (Fsp3) is 0.667. The van der Waals surface area contributed by atoms with E-state index < -0.39 is 0 Å². The Morgan fingerprint density at radius 1 is 1.19 bits per heavy atom. The Morgan fingerprint density at radius 3 is 2.85 bits per heavy atom. The number of benzene rings is 1. The first kappa shape index (κ1) is 18.7. The van der Waals surface area contributed by atoms with Crippen LogP contribution in [0.4, 0.5) is 0 Å². The SMILES string of the molecule is CCCN1C[C@H]2CC[C@@H]1CN(C(=O)C1CC(c3ccccc3OC)NN1)C2. The molecule has 4 fully saturated rings. The summed E-state index contributed by atoms with van der Waals surface area (Å²) in [6.45, 7) is 6.35. The van der Waals surface area contributed by atoms with Crippen LogP contribution in [0.2, 0.25) is 0 Å². The zero-order valence-electron chi connectivity index (χ0n) is 16.5. The van der Waals surface area contributed by atoms with Crippen molar-refractivity contribution >= 4 is 5.91 Å². The maximum absolute atomic E-state index is 13.2. The van der Waals surface area contributed by atoms with Crippen LogP contribution in [-0.2, 0) is 4.79 Å². The van der Waals surface area contributed by atoms with Crippen LogP contribution in [0.25, 0.3) is 0 Å². The van der Waals surface area contributed by atoms with E-state index in [1.807, 2.05) is 18.2 Å². The second kappa shape index (κ2) is 8.17. The molecule has 0 saturated carbocycles. The predicted molar refractivity (Wildman–Crippen MR) is 105 cm³/mol. The van der Waals surface area contributed by atoms with Crippen molar-refractivity contribution in [3.63, 3.8) is 0 Å². The monoisotopic (exact) mass is 372 g/mol. The third-order valence-corrected chi connectivity index (χ3v) is 6.37. The highest BCUT2D eigenvalue weighted by atomic mass is 16.5. The molecular formula is C21H32N4O2. The van der Waals surface area contributed by atoms with Gasteiger partial charge in [0.2, 0.25) is 5.91 Å². The number of amides is 1. The Balaban J connectivity index is 1.42. The summed E-state index contributed by atoms with van der Waals surface area (Å²) >= 11 is 0. The average Bonchev–Trinajstić information content (AvgIpc) is 3.01.